The Hall–Kier alpha value is -0.900. The molecule has 2 unspecified atom stereocenters. The molecule has 0 radical (unpaired) electrons. The smallest absolute Gasteiger partial charge is 0.163 e. The highest BCUT2D eigenvalue weighted by Crippen LogP contribution is 2.42. The highest BCUT2D eigenvalue weighted by Gasteiger charge is 2.32. The van der Waals surface area contributed by atoms with Crippen LogP contribution >= 0.6 is 15.9 Å². The van der Waals surface area contributed by atoms with Gasteiger partial charge >= 0.3 is 0 Å². The lowest BCUT2D eigenvalue weighted by atomic mass is 9.70. The van der Waals surface area contributed by atoms with E-state index >= 15 is 0 Å². The molecule has 1 saturated carbocycles. The van der Waals surface area contributed by atoms with Gasteiger partial charge in [0, 0.05) is 22.6 Å². The van der Waals surface area contributed by atoms with E-state index in [9.17, 15) is 0 Å². The van der Waals surface area contributed by atoms with Crippen LogP contribution in [0.25, 0.3) is 0 Å². The maximum atomic E-state index is 5.68. The van der Waals surface area contributed by atoms with E-state index in [1.54, 1.807) is 0 Å². The van der Waals surface area contributed by atoms with E-state index in [4.69, 9.17) is 9.47 Å². The quantitative estimate of drug-likeness (QED) is 0.824. The molecule has 2 atom stereocenters. The average molecular weight is 354 g/mol. The fraction of sp³-hybridized carbons (Fsp3) is 0.647. The first-order chi connectivity index (χ1) is 9.93. The molecule has 1 aliphatic heterocycles. The Bertz CT molecular complexity index is 530. The summed E-state index contributed by atoms with van der Waals surface area (Å²) in [4.78, 5) is 0. The van der Waals surface area contributed by atoms with Crippen LogP contribution in [0.3, 0.4) is 0 Å². The van der Waals surface area contributed by atoms with Gasteiger partial charge in [-0.05, 0) is 46.5 Å². The minimum atomic E-state index is 0.412. The molecule has 21 heavy (non-hydrogen) atoms. The van der Waals surface area contributed by atoms with Crippen LogP contribution in [0.2, 0.25) is 0 Å². The largest absolute Gasteiger partial charge is 0.486 e. The standard InChI is InChI=1S/C17H24BrNO2/c1-11-6-12(10-17(2,3)9-11)19-14-8-16-15(7-13(14)18)20-4-5-21-16/h7-8,11-12,19H,4-6,9-10H2,1-3H3. The lowest BCUT2D eigenvalue weighted by Crippen LogP contribution is -2.35. The lowest BCUT2D eigenvalue weighted by molar-refractivity contribution is 0.171. The van der Waals surface area contributed by atoms with E-state index in [0.717, 1.165) is 27.6 Å². The third-order valence-corrected chi connectivity index (χ3v) is 5.03. The second-order valence-corrected chi connectivity index (χ2v) is 8.08. The zero-order valence-electron chi connectivity index (χ0n) is 13.0. The van der Waals surface area contributed by atoms with Crippen LogP contribution in [0.15, 0.2) is 16.6 Å². The number of benzene rings is 1. The number of nitrogens with one attached hydrogen (secondary N) is 1. The predicted octanol–water partition coefficient (Wildman–Crippen LogP) is 4.85. The van der Waals surface area contributed by atoms with Gasteiger partial charge < -0.3 is 14.8 Å². The number of fused-ring (bicyclic) bond motifs is 1. The van der Waals surface area contributed by atoms with Gasteiger partial charge in [-0.2, -0.15) is 0 Å². The summed E-state index contributed by atoms with van der Waals surface area (Å²) < 4.78 is 12.3. The number of hydrogen-bond acceptors (Lipinski definition) is 3. The molecule has 4 heteroatoms. The Kier molecular flexibility index (Phi) is 4.08. The molecule has 1 aliphatic carbocycles. The molecule has 1 N–H and O–H groups in total. The fourth-order valence-electron chi connectivity index (χ4n) is 3.85. The second kappa shape index (κ2) is 5.71. The number of halogens is 1. The SMILES string of the molecule is CC1CC(Nc2cc3c(cc2Br)OCCO3)CC(C)(C)C1. The average Bonchev–Trinajstić information content (AvgIpc) is 2.37. The molecule has 116 valence electrons. The molecule has 3 rings (SSSR count). The summed E-state index contributed by atoms with van der Waals surface area (Å²) in [7, 11) is 0. The first-order valence-electron chi connectivity index (χ1n) is 7.79. The van der Waals surface area contributed by atoms with Gasteiger partial charge in [-0.15, -0.1) is 0 Å². The van der Waals surface area contributed by atoms with Crippen LogP contribution < -0.4 is 14.8 Å². The highest BCUT2D eigenvalue weighted by atomic mass is 79.9. The minimum absolute atomic E-state index is 0.412. The monoisotopic (exact) mass is 353 g/mol. The molecule has 0 aromatic heterocycles. The molecule has 1 aromatic rings. The Morgan fingerprint density at radius 1 is 1.14 bits per heavy atom. The van der Waals surface area contributed by atoms with Gasteiger partial charge in [-0.3, -0.25) is 0 Å². The molecule has 3 nitrogen and oxygen atoms in total. The zero-order valence-corrected chi connectivity index (χ0v) is 14.6. The predicted molar refractivity (Wildman–Crippen MR) is 89.3 cm³/mol. The molecular weight excluding hydrogens is 330 g/mol. The van der Waals surface area contributed by atoms with E-state index in [2.05, 4.69) is 48.1 Å². The summed E-state index contributed by atoms with van der Waals surface area (Å²) in [6, 6.07) is 4.58. The molecule has 0 spiro atoms. The highest BCUT2D eigenvalue weighted by molar-refractivity contribution is 9.10. The van der Waals surface area contributed by atoms with E-state index in [1.807, 2.05) is 6.07 Å². The van der Waals surface area contributed by atoms with Gasteiger partial charge in [0.1, 0.15) is 13.2 Å². The molecule has 1 aromatic carbocycles. The first-order valence-corrected chi connectivity index (χ1v) is 8.58. The fourth-order valence-corrected chi connectivity index (χ4v) is 4.29. The van der Waals surface area contributed by atoms with Gasteiger partial charge in [0.2, 0.25) is 0 Å². The molecule has 1 heterocycles. The maximum Gasteiger partial charge on any atom is 0.163 e. The van der Waals surface area contributed by atoms with Crippen LogP contribution in [0.1, 0.15) is 40.0 Å². The second-order valence-electron chi connectivity index (χ2n) is 7.23. The van der Waals surface area contributed by atoms with Crippen LogP contribution in [-0.4, -0.2) is 19.3 Å². The molecular formula is C17H24BrNO2. The van der Waals surface area contributed by atoms with Gasteiger partial charge in [0.15, 0.2) is 11.5 Å². The number of ether oxygens (including phenoxy) is 2. The van der Waals surface area contributed by atoms with Crippen molar-refractivity contribution in [2.45, 2.75) is 46.1 Å². The van der Waals surface area contributed by atoms with Crippen molar-refractivity contribution < 1.29 is 9.47 Å². The number of hydrogen-bond donors (Lipinski definition) is 1. The Morgan fingerprint density at radius 2 is 1.81 bits per heavy atom. The van der Waals surface area contributed by atoms with E-state index < -0.39 is 0 Å². The van der Waals surface area contributed by atoms with Gasteiger partial charge in [-0.1, -0.05) is 20.8 Å². The molecule has 0 saturated heterocycles. The summed E-state index contributed by atoms with van der Waals surface area (Å²) >= 11 is 3.65. The van der Waals surface area contributed by atoms with Crippen molar-refractivity contribution in [1.29, 1.82) is 0 Å². The Balaban J connectivity index is 1.78. The lowest BCUT2D eigenvalue weighted by Gasteiger charge is -2.39. The molecule has 2 aliphatic rings. The first kappa shape index (κ1) is 15.0. The topological polar surface area (TPSA) is 30.5 Å². The normalized spacial score (nSPS) is 27.2. The van der Waals surface area contributed by atoms with Crippen molar-refractivity contribution in [3.8, 4) is 11.5 Å². The van der Waals surface area contributed by atoms with Gasteiger partial charge in [0.25, 0.3) is 0 Å². The van der Waals surface area contributed by atoms with E-state index in [0.29, 0.717) is 24.7 Å². The summed E-state index contributed by atoms with van der Waals surface area (Å²) in [5.74, 6) is 2.44. The van der Waals surface area contributed by atoms with E-state index in [1.165, 1.54) is 19.3 Å². The summed E-state index contributed by atoms with van der Waals surface area (Å²) in [5, 5.41) is 3.70. The Labute approximate surface area is 135 Å². The Morgan fingerprint density at radius 3 is 2.48 bits per heavy atom. The summed E-state index contributed by atoms with van der Waals surface area (Å²) in [6.07, 6.45) is 3.75. The van der Waals surface area contributed by atoms with Gasteiger partial charge in [0.05, 0.1) is 5.69 Å². The van der Waals surface area contributed by atoms with Crippen molar-refractivity contribution in [3.05, 3.63) is 16.6 Å². The molecule has 1 fully saturated rings. The van der Waals surface area contributed by atoms with Crippen molar-refractivity contribution in [2.24, 2.45) is 11.3 Å². The van der Waals surface area contributed by atoms with Gasteiger partial charge in [-0.25, -0.2) is 0 Å². The van der Waals surface area contributed by atoms with Crippen LogP contribution in [0, 0.1) is 11.3 Å². The van der Waals surface area contributed by atoms with Crippen LogP contribution in [-0.2, 0) is 0 Å². The maximum absolute atomic E-state index is 5.68. The minimum Gasteiger partial charge on any atom is -0.486 e. The van der Waals surface area contributed by atoms with Crippen LogP contribution in [0.4, 0.5) is 5.69 Å². The zero-order chi connectivity index (χ0) is 15.0. The van der Waals surface area contributed by atoms with Crippen molar-refractivity contribution in [1.82, 2.24) is 0 Å². The van der Waals surface area contributed by atoms with Crippen LogP contribution in [0.5, 0.6) is 11.5 Å². The number of rotatable bonds is 2. The molecule has 0 bridgehead atoms. The van der Waals surface area contributed by atoms with Crippen molar-refractivity contribution in [2.75, 3.05) is 18.5 Å². The summed E-state index contributed by atoms with van der Waals surface area (Å²) in [5.41, 5.74) is 1.52. The third-order valence-electron chi connectivity index (χ3n) is 4.38. The third kappa shape index (κ3) is 3.47. The van der Waals surface area contributed by atoms with Crippen molar-refractivity contribution in [3.63, 3.8) is 0 Å². The van der Waals surface area contributed by atoms with Crippen molar-refractivity contribution >= 4 is 21.6 Å². The summed E-state index contributed by atoms with van der Waals surface area (Å²) in [6.45, 7) is 8.35. The molecule has 0 amide bonds. The number of anilines is 1. The van der Waals surface area contributed by atoms with E-state index in [-0.39, 0.29) is 0 Å².